The van der Waals surface area contributed by atoms with E-state index in [4.69, 9.17) is 11.6 Å². The van der Waals surface area contributed by atoms with Gasteiger partial charge in [0.2, 0.25) is 5.24 Å². The van der Waals surface area contributed by atoms with Crippen LogP contribution in [0.4, 0.5) is 13.2 Å². The molecule has 1 aromatic rings. The van der Waals surface area contributed by atoms with Crippen molar-refractivity contribution in [1.82, 2.24) is 4.57 Å². The molecule has 7 heteroatoms. The van der Waals surface area contributed by atoms with Crippen molar-refractivity contribution in [3.8, 4) is 0 Å². The Morgan fingerprint density at radius 2 is 1.95 bits per heavy atom. The Morgan fingerprint density at radius 1 is 1.33 bits per heavy atom. The first-order valence-electron chi connectivity index (χ1n) is 6.78. The summed E-state index contributed by atoms with van der Waals surface area (Å²) in [6.45, 7) is 0. The van der Waals surface area contributed by atoms with Crippen molar-refractivity contribution in [3.05, 3.63) is 34.2 Å². The lowest BCUT2D eigenvalue weighted by molar-refractivity contribution is -0.138. The van der Waals surface area contributed by atoms with Crippen molar-refractivity contribution in [2.24, 2.45) is 5.92 Å². The van der Waals surface area contributed by atoms with Gasteiger partial charge >= 0.3 is 6.18 Å². The largest absolute Gasteiger partial charge is 0.417 e. The molecule has 1 saturated carbocycles. The maximum atomic E-state index is 12.7. The number of alkyl halides is 3. The molecule has 0 spiro atoms. The van der Waals surface area contributed by atoms with Crippen molar-refractivity contribution >= 4 is 16.8 Å². The lowest BCUT2D eigenvalue weighted by Gasteiger charge is -2.20. The van der Waals surface area contributed by atoms with Gasteiger partial charge in [0.05, 0.1) is 5.56 Å². The molecule has 0 radical (unpaired) electrons. The summed E-state index contributed by atoms with van der Waals surface area (Å²) in [6, 6.07) is 0.499. The van der Waals surface area contributed by atoms with Crippen molar-refractivity contribution in [2.45, 2.75) is 44.3 Å². The highest BCUT2D eigenvalue weighted by molar-refractivity contribution is 6.64. The van der Waals surface area contributed by atoms with Crippen molar-refractivity contribution in [2.75, 3.05) is 0 Å². The summed E-state index contributed by atoms with van der Waals surface area (Å²) in [5.74, 6) is 0.221. The van der Waals surface area contributed by atoms with Crippen LogP contribution in [0.5, 0.6) is 0 Å². The molecule has 116 valence electrons. The van der Waals surface area contributed by atoms with Crippen LogP contribution in [0.3, 0.4) is 0 Å². The van der Waals surface area contributed by atoms with Gasteiger partial charge in [-0.2, -0.15) is 13.2 Å². The molecule has 1 aliphatic carbocycles. The van der Waals surface area contributed by atoms with Gasteiger partial charge in [0.25, 0.3) is 5.56 Å². The van der Waals surface area contributed by atoms with E-state index in [1.54, 1.807) is 0 Å². The summed E-state index contributed by atoms with van der Waals surface area (Å²) in [6.07, 6.45) is 0.313. The summed E-state index contributed by atoms with van der Waals surface area (Å²) in [4.78, 5) is 23.4. The molecule has 21 heavy (non-hydrogen) atoms. The maximum Gasteiger partial charge on any atom is 0.417 e. The van der Waals surface area contributed by atoms with E-state index in [9.17, 15) is 22.8 Å². The zero-order chi connectivity index (χ0) is 15.6. The zero-order valence-electron chi connectivity index (χ0n) is 11.2. The Bertz CT molecular complexity index is 576. The SMILES string of the molecule is O=C(Cl)C(CC1CCCC1)n1cc(C(F)(F)F)ccc1=O. The van der Waals surface area contributed by atoms with Gasteiger partial charge in [-0.05, 0) is 30.0 Å². The first kappa shape index (κ1) is 16.1. The molecule has 1 aromatic heterocycles. The lowest BCUT2D eigenvalue weighted by Crippen LogP contribution is -2.29. The van der Waals surface area contributed by atoms with Gasteiger partial charge in [-0.25, -0.2) is 0 Å². The second-order valence-electron chi connectivity index (χ2n) is 5.37. The van der Waals surface area contributed by atoms with E-state index >= 15 is 0 Å². The summed E-state index contributed by atoms with van der Waals surface area (Å²) in [5, 5.41) is -0.802. The highest BCUT2D eigenvalue weighted by atomic mass is 35.5. The molecule has 0 bridgehead atoms. The smallest absolute Gasteiger partial charge is 0.303 e. The van der Waals surface area contributed by atoms with Crippen LogP contribution in [0, 0.1) is 5.92 Å². The maximum absolute atomic E-state index is 12.7. The van der Waals surface area contributed by atoms with Gasteiger partial charge < -0.3 is 4.57 Å². The number of carbonyl (C=O) groups excluding carboxylic acids is 1. The van der Waals surface area contributed by atoms with Crippen LogP contribution in [0.15, 0.2) is 23.1 Å². The molecule has 0 aliphatic heterocycles. The number of pyridine rings is 1. The van der Waals surface area contributed by atoms with Crippen LogP contribution in [0.25, 0.3) is 0 Å². The van der Waals surface area contributed by atoms with Crippen LogP contribution in [-0.4, -0.2) is 9.81 Å². The van der Waals surface area contributed by atoms with Crippen molar-refractivity contribution in [3.63, 3.8) is 0 Å². The average molecular weight is 322 g/mol. The van der Waals surface area contributed by atoms with Crippen LogP contribution < -0.4 is 5.56 Å². The molecule has 0 aromatic carbocycles. The zero-order valence-corrected chi connectivity index (χ0v) is 12.0. The molecule has 2 rings (SSSR count). The van der Waals surface area contributed by atoms with E-state index in [-0.39, 0.29) is 5.92 Å². The third-order valence-corrected chi connectivity index (χ3v) is 4.15. The Hall–Kier alpha value is -1.30. The number of nitrogens with zero attached hydrogens (tertiary/aromatic N) is 1. The third kappa shape index (κ3) is 3.87. The monoisotopic (exact) mass is 321 g/mol. The summed E-state index contributed by atoms with van der Waals surface area (Å²) < 4.78 is 39.0. The molecular formula is C14H15ClF3NO2. The molecule has 1 atom stereocenters. The summed E-state index contributed by atoms with van der Waals surface area (Å²) in [7, 11) is 0. The molecule has 1 heterocycles. The topological polar surface area (TPSA) is 39.1 Å². The molecule has 0 amide bonds. The van der Waals surface area contributed by atoms with Gasteiger partial charge in [0, 0.05) is 12.3 Å². The third-order valence-electron chi connectivity index (χ3n) is 3.89. The average Bonchev–Trinajstić information content (AvgIpc) is 2.88. The van der Waals surface area contributed by atoms with Gasteiger partial charge in [-0.3, -0.25) is 9.59 Å². The second-order valence-corrected chi connectivity index (χ2v) is 5.74. The van der Waals surface area contributed by atoms with E-state index in [2.05, 4.69) is 0 Å². The Kier molecular flexibility index (Phi) is 4.76. The minimum atomic E-state index is -4.57. The Labute approximate surface area is 124 Å². The van der Waals surface area contributed by atoms with Crippen molar-refractivity contribution in [1.29, 1.82) is 0 Å². The molecule has 1 aliphatic rings. The Balaban J connectivity index is 2.35. The van der Waals surface area contributed by atoms with E-state index in [0.29, 0.717) is 18.7 Å². The van der Waals surface area contributed by atoms with E-state index in [0.717, 1.165) is 36.3 Å². The molecule has 3 nitrogen and oxygen atoms in total. The number of halogens is 4. The van der Waals surface area contributed by atoms with E-state index < -0.39 is 28.6 Å². The van der Waals surface area contributed by atoms with E-state index in [1.807, 2.05) is 0 Å². The predicted octanol–water partition coefficient (Wildman–Crippen LogP) is 3.75. The quantitative estimate of drug-likeness (QED) is 0.792. The predicted molar refractivity (Wildman–Crippen MR) is 72.2 cm³/mol. The number of rotatable bonds is 4. The molecule has 0 N–H and O–H groups in total. The van der Waals surface area contributed by atoms with Crippen LogP contribution in [0.2, 0.25) is 0 Å². The second kappa shape index (κ2) is 6.22. The standard InChI is InChI=1S/C14H15ClF3NO2/c15-13(21)11(7-9-3-1-2-4-9)19-8-10(14(16,17)18)5-6-12(19)20/h5-6,8-9,11H,1-4,7H2. The van der Waals surface area contributed by atoms with Gasteiger partial charge in [0.1, 0.15) is 6.04 Å². The van der Waals surface area contributed by atoms with Gasteiger partial charge in [-0.15, -0.1) is 0 Å². The number of carbonyl (C=O) groups is 1. The number of hydrogen-bond acceptors (Lipinski definition) is 2. The first-order valence-corrected chi connectivity index (χ1v) is 7.15. The van der Waals surface area contributed by atoms with Crippen molar-refractivity contribution < 1.29 is 18.0 Å². The highest BCUT2D eigenvalue weighted by Crippen LogP contribution is 2.33. The molecular weight excluding hydrogens is 307 g/mol. The number of aromatic nitrogens is 1. The summed E-state index contributed by atoms with van der Waals surface area (Å²) in [5.41, 5.74) is -1.61. The normalized spacial score (nSPS) is 17.9. The van der Waals surface area contributed by atoms with Crippen LogP contribution >= 0.6 is 11.6 Å². The minimum absolute atomic E-state index is 0.221. The number of hydrogen-bond donors (Lipinski definition) is 0. The molecule has 1 fully saturated rings. The van der Waals surface area contributed by atoms with E-state index in [1.165, 1.54) is 0 Å². The highest BCUT2D eigenvalue weighted by Gasteiger charge is 2.33. The minimum Gasteiger partial charge on any atom is -0.303 e. The summed E-state index contributed by atoms with van der Waals surface area (Å²) >= 11 is 5.52. The fourth-order valence-electron chi connectivity index (χ4n) is 2.79. The van der Waals surface area contributed by atoms with Gasteiger partial charge in [-0.1, -0.05) is 25.7 Å². The fraction of sp³-hybridized carbons (Fsp3) is 0.571. The van der Waals surface area contributed by atoms with Crippen LogP contribution in [-0.2, 0) is 11.0 Å². The molecule has 1 unspecified atom stereocenters. The Morgan fingerprint density at radius 3 is 2.48 bits per heavy atom. The molecule has 0 saturated heterocycles. The fourth-order valence-corrected chi connectivity index (χ4v) is 2.99. The lowest BCUT2D eigenvalue weighted by atomic mass is 9.98. The van der Waals surface area contributed by atoms with Crippen LogP contribution in [0.1, 0.15) is 43.7 Å². The van der Waals surface area contributed by atoms with Gasteiger partial charge in [0.15, 0.2) is 0 Å². The first-order chi connectivity index (χ1) is 9.79.